The minimum Gasteiger partial charge on any atom is -0.376 e. The maximum Gasteiger partial charge on any atom is 0.258 e. The molecule has 2 aromatic heterocycles. The van der Waals surface area contributed by atoms with E-state index in [9.17, 15) is 10.1 Å². The van der Waals surface area contributed by atoms with Gasteiger partial charge in [-0.3, -0.25) is 4.79 Å². The van der Waals surface area contributed by atoms with Gasteiger partial charge >= 0.3 is 0 Å². The summed E-state index contributed by atoms with van der Waals surface area (Å²) in [5.41, 5.74) is 5.10. The van der Waals surface area contributed by atoms with Crippen LogP contribution in [0.4, 0.5) is 5.82 Å². The summed E-state index contributed by atoms with van der Waals surface area (Å²) in [6.45, 7) is 3.00. The normalized spacial score (nSPS) is 16.2. The molecule has 0 bridgehead atoms. The van der Waals surface area contributed by atoms with Gasteiger partial charge in [0.25, 0.3) is 5.91 Å². The van der Waals surface area contributed by atoms with Crippen LogP contribution in [0.1, 0.15) is 57.2 Å². The fraction of sp³-hybridized carbons (Fsp3) is 0.421. The van der Waals surface area contributed by atoms with Gasteiger partial charge in [-0.1, -0.05) is 0 Å². The number of carbonyl (C=O) groups excluding carboxylic acids is 1. The third-order valence-corrected chi connectivity index (χ3v) is 5.19. The number of fused-ring (bicyclic) bond motifs is 1. The third kappa shape index (κ3) is 2.71. The summed E-state index contributed by atoms with van der Waals surface area (Å²) in [7, 11) is 2.00. The number of carbonyl (C=O) groups is 1. The second-order valence-corrected chi connectivity index (χ2v) is 6.76. The standard InChI is InChI=1S/C19H20N4O2/c1-11-15(7-17(23(11)2)12-3-4-12)19(24)22-18-16(8-20)14-5-6-25-10-13(14)9-21-18/h7,9,12H,3-6,10H2,1-2H3,(H,21,22,24). The number of hydrogen-bond donors (Lipinski definition) is 1. The first-order valence-corrected chi connectivity index (χ1v) is 8.56. The molecule has 1 fully saturated rings. The number of rotatable bonds is 3. The fourth-order valence-electron chi connectivity index (χ4n) is 3.47. The molecule has 1 saturated carbocycles. The van der Waals surface area contributed by atoms with Crippen molar-refractivity contribution in [3.8, 4) is 6.07 Å². The average molecular weight is 336 g/mol. The lowest BCUT2D eigenvalue weighted by Crippen LogP contribution is -2.18. The number of nitrogens with zero attached hydrogens (tertiary/aromatic N) is 3. The largest absolute Gasteiger partial charge is 0.376 e. The number of nitrogens with one attached hydrogen (secondary N) is 1. The van der Waals surface area contributed by atoms with Crippen LogP contribution in [-0.2, 0) is 24.8 Å². The van der Waals surface area contributed by atoms with Gasteiger partial charge in [0.1, 0.15) is 6.07 Å². The van der Waals surface area contributed by atoms with Crippen LogP contribution < -0.4 is 5.32 Å². The summed E-state index contributed by atoms with van der Waals surface area (Å²) in [5.74, 6) is 0.696. The number of ether oxygens (including phenoxy) is 1. The van der Waals surface area contributed by atoms with Crippen molar-refractivity contribution in [3.05, 3.63) is 45.9 Å². The van der Waals surface area contributed by atoms with Crippen LogP contribution in [0.5, 0.6) is 0 Å². The number of pyridine rings is 1. The monoisotopic (exact) mass is 336 g/mol. The second-order valence-electron chi connectivity index (χ2n) is 6.76. The zero-order valence-corrected chi connectivity index (χ0v) is 14.4. The van der Waals surface area contributed by atoms with Crippen molar-refractivity contribution in [3.63, 3.8) is 0 Å². The summed E-state index contributed by atoms with van der Waals surface area (Å²) in [4.78, 5) is 17.1. The lowest BCUT2D eigenvalue weighted by Gasteiger charge is -2.18. The Morgan fingerprint density at radius 3 is 3.00 bits per heavy atom. The summed E-state index contributed by atoms with van der Waals surface area (Å²) in [6, 6.07) is 4.17. The van der Waals surface area contributed by atoms with Crippen molar-refractivity contribution in [2.75, 3.05) is 11.9 Å². The molecular formula is C19H20N4O2. The van der Waals surface area contributed by atoms with E-state index in [0.717, 1.165) is 16.8 Å². The Morgan fingerprint density at radius 2 is 2.28 bits per heavy atom. The maximum absolute atomic E-state index is 12.8. The highest BCUT2D eigenvalue weighted by Crippen LogP contribution is 2.41. The molecule has 3 heterocycles. The van der Waals surface area contributed by atoms with Crippen LogP contribution in [0.2, 0.25) is 0 Å². The molecule has 2 aromatic rings. The topological polar surface area (TPSA) is 79.9 Å². The van der Waals surface area contributed by atoms with E-state index in [1.54, 1.807) is 6.20 Å². The Morgan fingerprint density at radius 1 is 1.48 bits per heavy atom. The quantitative estimate of drug-likeness (QED) is 0.934. The molecule has 1 aliphatic heterocycles. The molecule has 4 rings (SSSR count). The van der Waals surface area contributed by atoms with E-state index in [0.29, 0.717) is 42.5 Å². The minimum atomic E-state index is -0.212. The minimum absolute atomic E-state index is 0.212. The zero-order chi connectivity index (χ0) is 17.6. The molecule has 6 heteroatoms. The Labute approximate surface area is 146 Å². The molecule has 25 heavy (non-hydrogen) atoms. The Bertz CT molecular complexity index is 903. The first-order valence-electron chi connectivity index (χ1n) is 8.56. The van der Waals surface area contributed by atoms with Gasteiger partial charge in [-0.25, -0.2) is 4.98 Å². The molecule has 0 radical (unpaired) electrons. The van der Waals surface area contributed by atoms with Gasteiger partial charge in [-0.2, -0.15) is 5.26 Å². The SMILES string of the molecule is Cc1c(C(=O)Nc2ncc3c(c2C#N)CCOC3)cc(C2CC2)n1C. The first kappa shape index (κ1) is 15.9. The van der Waals surface area contributed by atoms with Crippen molar-refractivity contribution >= 4 is 11.7 Å². The molecule has 2 aliphatic rings. The average Bonchev–Trinajstić information content (AvgIpc) is 3.42. The molecule has 0 saturated heterocycles. The lowest BCUT2D eigenvalue weighted by atomic mass is 10.00. The van der Waals surface area contributed by atoms with E-state index in [1.165, 1.54) is 18.5 Å². The molecule has 1 N–H and O–H groups in total. The van der Waals surface area contributed by atoms with Crippen molar-refractivity contribution in [1.29, 1.82) is 5.26 Å². The smallest absolute Gasteiger partial charge is 0.258 e. The fourth-order valence-corrected chi connectivity index (χ4v) is 3.47. The number of nitriles is 1. The number of aromatic nitrogens is 2. The molecular weight excluding hydrogens is 316 g/mol. The Kier molecular flexibility index (Phi) is 3.81. The second kappa shape index (κ2) is 6.01. The van der Waals surface area contributed by atoms with E-state index < -0.39 is 0 Å². The van der Waals surface area contributed by atoms with Crippen LogP contribution in [0.25, 0.3) is 0 Å². The van der Waals surface area contributed by atoms with Gasteiger partial charge in [0.15, 0.2) is 5.82 Å². The van der Waals surface area contributed by atoms with Gasteiger partial charge in [-0.05, 0) is 43.7 Å². The highest BCUT2D eigenvalue weighted by molar-refractivity contribution is 6.05. The van der Waals surface area contributed by atoms with Gasteiger partial charge in [-0.15, -0.1) is 0 Å². The molecule has 6 nitrogen and oxygen atoms in total. The van der Waals surface area contributed by atoms with Crippen LogP contribution in [-0.4, -0.2) is 22.1 Å². The molecule has 0 atom stereocenters. The first-order chi connectivity index (χ1) is 12.1. The van der Waals surface area contributed by atoms with E-state index in [1.807, 2.05) is 20.0 Å². The molecule has 128 valence electrons. The van der Waals surface area contributed by atoms with Gasteiger partial charge in [0.2, 0.25) is 0 Å². The summed E-state index contributed by atoms with van der Waals surface area (Å²) in [6.07, 6.45) is 4.73. The third-order valence-electron chi connectivity index (χ3n) is 5.19. The van der Waals surface area contributed by atoms with Crippen LogP contribution in [0, 0.1) is 18.3 Å². The maximum atomic E-state index is 12.8. The summed E-state index contributed by atoms with van der Waals surface area (Å²) >= 11 is 0. The Balaban J connectivity index is 1.66. The van der Waals surface area contributed by atoms with E-state index in [2.05, 4.69) is 20.9 Å². The molecule has 1 amide bonds. The number of amides is 1. The highest BCUT2D eigenvalue weighted by Gasteiger charge is 2.29. The Hall–Kier alpha value is -2.65. The van der Waals surface area contributed by atoms with Crippen molar-refractivity contribution in [2.45, 2.75) is 38.7 Å². The van der Waals surface area contributed by atoms with Gasteiger partial charge in [0.05, 0.1) is 24.3 Å². The van der Waals surface area contributed by atoms with E-state index >= 15 is 0 Å². The predicted molar refractivity (Wildman–Crippen MR) is 92.4 cm³/mol. The van der Waals surface area contributed by atoms with Crippen molar-refractivity contribution in [2.24, 2.45) is 7.05 Å². The van der Waals surface area contributed by atoms with Crippen molar-refractivity contribution < 1.29 is 9.53 Å². The van der Waals surface area contributed by atoms with Crippen LogP contribution in [0.3, 0.4) is 0 Å². The molecule has 0 unspecified atom stereocenters. The van der Waals surface area contributed by atoms with Crippen LogP contribution >= 0.6 is 0 Å². The number of anilines is 1. The van der Waals surface area contributed by atoms with Gasteiger partial charge < -0.3 is 14.6 Å². The van der Waals surface area contributed by atoms with E-state index in [4.69, 9.17) is 4.74 Å². The zero-order valence-electron chi connectivity index (χ0n) is 14.4. The number of hydrogen-bond acceptors (Lipinski definition) is 4. The summed E-state index contributed by atoms with van der Waals surface area (Å²) < 4.78 is 7.50. The molecule has 0 aromatic carbocycles. The van der Waals surface area contributed by atoms with Crippen LogP contribution in [0.15, 0.2) is 12.3 Å². The highest BCUT2D eigenvalue weighted by atomic mass is 16.5. The molecule has 0 spiro atoms. The predicted octanol–water partition coefficient (Wildman–Crippen LogP) is 2.80. The molecule has 1 aliphatic carbocycles. The van der Waals surface area contributed by atoms with E-state index in [-0.39, 0.29) is 5.91 Å². The van der Waals surface area contributed by atoms with Gasteiger partial charge in [0, 0.05) is 30.2 Å². The van der Waals surface area contributed by atoms with Crippen molar-refractivity contribution in [1.82, 2.24) is 9.55 Å². The lowest BCUT2D eigenvalue weighted by molar-refractivity contribution is 0.102. The summed E-state index contributed by atoms with van der Waals surface area (Å²) in [5, 5.41) is 12.4.